The number of thiol groups is 1. The van der Waals surface area contributed by atoms with Gasteiger partial charge in [-0.15, -0.1) is 0 Å². The molecule has 0 aliphatic carbocycles. The Balaban J connectivity index is 2.42. The third kappa shape index (κ3) is 2.26. The lowest BCUT2D eigenvalue weighted by atomic mass is 10.1. The molecule has 0 spiro atoms. The first-order valence-corrected chi connectivity index (χ1v) is 5.42. The Kier molecular flexibility index (Phi) is 2.84. The second-order valence-electron chi connectivity index (χ2n) is 2.94. The first-order chi connectivity index (χ1) is 7.27. The maximum atomic E-state index is 10.3. The summed E-state index contributed by atoms with van der Waals surface area (Å²) >= 11 is 0. The molecule has 2 rings (SSSR count). The molecule has 0 aliphatic heterocycles. The topological polar surface area (TPSA) is 55.4 Å². The van der Waals surface area contributed by atoms with E-state index in [0.717, 1.165) is 10.8 Å². The quantitative estimate of drug-likeness (QED) is 0.614. The van der Waals surface area contributed by atoms with Crippen molar-refractivity contribution in [3.05, 3.63) is 42.5 Å². The van der Waals surface area contributed by atoms with Crippen LogP contribution in [-0.2, 0) is 15.3 Å². The summed E-state index contributed by atoms with van der Waals surface area (Å²) in [5.74, 6) is 0. The van der Waals surface area contributed by atoms with E-state index in [1.807, 2.05) is 36.4 Å². The van der Waals surface area contributed by atoms with Gasteiger partial charge in [-0.1, -0.05) is 36.4 Å². The predicted octanol–water partition coefficient (Wildman–Crippen LogP) is 1.71. The zero-order valence-corrected chi connectivity index (χ0v) is 8.61. The Morgan fingerprint density at radius 2 is 1.73 bits per heavy atom. The first-order valence-electron chi connectivity index (χ1n) is 4.32. The van der Waals surface area contributed by atoms with Crippen LogP contribution in [0.3, 0.4) is 0 Å². The summed E-state index contributed by atoms with van der Waals surface area (Å²) in [7, 11) is -2.89. The highest BCUT2D eigenvalue weighted by molar-refractivity contribution is 7.67. The third-order valence-electron chi connectivity index (χ3n) is 2.02. The van der Waals surface area contributed by atoms with Gasteiger partial charge in [0, 0.05) is 5.39 Å². The fourth-order valence-corrected chi connectivity index (χ4v) is 1.57. The van der Waals surface area contributed by atoms with Crippen LogP contribution in [-0.4, -0.2) is 8.42 Å². The molecular formula is C10H9NO3S. The van der Waals surface area contributed by atoms with Crippen LogP contribution in [0.1, 0.15) is 0 Å². The molecule has 0 aliphatic rings. The number of rotatable bonds is 3. The van der Waals surface area contributed by atoms with Gasteiger partial charge in [0.25, 0.3) is 11.0 Å². The summed E-state index contributed by atoms with van der Waals surface area (Å²) in [4.78, 5) is 0. The van der Waals surface area contributed by atoms with Crippen LogP contribution in [0.2, 0.25) is 0 Å². The molecule has 0 amide bonds. The number of anilines is 1. The standard InChI is InChI=1S/C10H9NO3S/c12-15(13)14-11-10-7-3-5-8-4-1-2-6-9(8)10/h1-7,11,15H. The van der Waals surface area contributed by atoms with E-state index in [-0.39, 0.29) is 0 Å². The molecule has 0 atom stereocenters. The van der Waals surface area contributed by atoms with Crippen LogP contribution in [0.5, 0.6) is 0 Å². The van der Waals surface area contributed by atoms with Gasteiger partial charge in [0.2, 0.25) is 0 Å². The molecule has 0 saturated carbocycles. The number of benzene rings is 2. The van der Waals surface area contributed by atoms with Crippen LogP contribution in [0.25, 0.3) is 10.8 Å². The third-order valence-corrected chi connectivity index (χ3v) is 2.26. The predicted molar refractivity (Wildman–Crippen MR) is 59.0 cm³/mol. The zero-order valence-electron chi connectivity index (χ0n) is 7.71. The fraction of sp³-hybridized carbons (Fsp3) is 0. The Bertz CT molecular complexity index is 538. The van der Waals surface area contributed by atoms with Gasteiger partial charge in [-0.05, 0) is 11.5 Å². The van der Waals surface area contributed by atoms with Crippen molar-refractivity contribution in [1.29, 1.82) is 0 Å². The van der Waals surface area contributed by atoms with Crippen LogP contribution < -0.4 is 5.48 Å². The van der Waals surface area contributed by atoms with Gasteiger partial charge in [-0.3, -0.25) is 0 Å². The summed E-state index contributed by atoms with van der Waals surface area (Å²) in [5.41, 5.74) is 3.02. The van der Waals surface area contributed by atoms with Gasteiger partial charge in [-0.25, -0.2) is 13.9 Å². The van der Waals surface area contributed by atoms with Crippen molar-refractivity contribution < 1.29 is 12.7 Å². The van der Waals surface area contributed by atoms with Crippen molar-refractivity contribution in [2.45, 2.75) is 0 Å². The summed E-state index contributed by atoms with van der Waals surface area (Å²) in [6, 6.07) is 13.1. The molecule has 0 fully saturated rings. The minimum Gasteiger partial charge on any atom is -0.249 e. The zero-order chi connectivity index (χ0) is 10.7. The fourth-order valence-electron chi connectivity index (χ4n) is 1.40. The van der Waals surface area contributed by atoms with Gasteiger partial charge in [0.05, 0.1) is 5.69 Å². The minimum atomic E-state index is -2.89. The molecule has 0 aromatic heterocycles. The second-order valence-corrected chi connectivity index (χ2v) is 3.57. The van der Waals surface area contributed by atoms with E-state index in [1.165, 1.54) is 0 Å². The summed E-state index contributed by atoms with van der Waals surface area (Å²) in [6.45, 7) is 0. The summed E-state index contributed by atoms with van der Waals surface area (Å²) in [5, 5.41) is 1.93. The van der Waals surface area contributed by atoms with E-state index in [0.29, 0.717) is 5.69 Å². The van der Waals surface area contributed by atoms with Gasteiger partial charge in [-0.2, -0.15) is 4.28 Å². The second kappa shape index (κ2) is 4.29. The number of hydrogen-bond acceptors (Lipinski definition) is 4. The molecule has 2 aromatic rings. The molecule has 1 N–H and O–H groups in total. The largest absolute Gasteiger partial charge is 0.277 e. The van der Waals surface area contributed by atoms with Crippen LogP contribution in [0.4, 0.5) is 5.69 Å². The Morgan fingerprint density at radius 3 is 2.53 bits per heavy atom. The SMILES string of the molecule is O=[SH](=O)ONc1cccc2ccccc12. The van der Waals surface area contributed by atoms with Gasteiger partial charge in [0.15, 0.2) is 0 Å². The minimum absolute atomic E-state index is 0.632. The van der Waals surface area contributed by atoms with E-state index < -0.39 is 11.0 Å². The van der Waals surface area contributed by atoms with E-state index in [4.69, 9.17) is 0 Å². The van der Waals surface area contributed by atoms with Crippen molar-refractivity contribution in [1.82, 2.24) is 0 Å². The molecule has 0 bridgehead atoms. The van der Waals surface area contributed by atoms with Crippen molar-refractivity contribution >= 4 is 27.4 Å². The molecule has 15 heavy (non-hydrogen) atoms. The van der Waals surface area contributed by atoms with E-state index in [9.17, 15) is 8.42 Å². The monoisotopic (exact) mass is 223 g/mol. The summed E-state index contributed by atoms with van der Waals surface area (Å²) in [6.07, 6.45) is 0. The molecule has 78 valence electrons. The number of fused-ring (bicyclic) bond motifs is 1. The van der Waals surface area contributed by atoms with E-state index in [2.05, 4.69) is 9.76 Å². The maximum Gasteiger partial charge on any atom is 0.277 e. The Hall–Kier alpha value is -1.59. The van der Waals surface area contributed by atoms with Crippen molar-refractivity contribution in [3.8, 4) is 0 Å². The smallest absolute Gasteiger partial charge is 0.249 e. The first kappa shape index (κ1) is 9.95. The molecule has 0 saturated heterocycles. The van der Waals surface area contributed by atoms with Crippen LogP contribution in [0.15, 0.2) is 42.5 Å². The maximum absolute atomic E-state index is 10.3. The molecule has 5 heteroatoms. The normalized spacial score (nSPS) is 10.7. The van der Waals surface area contributed by atoms with Crippen molar-refractivity contribution in [2.24, 2.45) is 0 Å². The van der Waals surface area contributed by atoms with Crippen molar-refractivity contribution in [3.63, 3.8) is 0 Å². The Morgan fingerprint density at radius 1 is 1.00 bits per heavy atom. The van der Waals surface area contributed by atoms with Crippen molar-refractivity contribution in [2.75, 3.05) is 5.48 Å². The van der Waals surface area contributed by atoms with Crippen LogP contribution in [0, 0.1) is 0 Å². The summed E-state index contributed by atoms with van der Waals surface area (Å²) < 4.78 is 24.9. The highest BCUT2D eigenvalue weighted by Gasteiger charge is 1.99. The molecule has 0 heterocycles. The lowest BCUT2D eigenvalue weighted by Gasteiger charge is -2.05. The van der Waals surface area contributed by atoms with E-state index in [1.54, 1.807) is 6.07 Å². The Labute approximate surface area is 88.6 Å². The van der Waals surface area contributed by atoms with Gasteiger partial charge in [0.1, 0.15) is 0 Å². The molecule has 0 radical (unpaired) electrons. The van der Waals surface area contributed by atoms with Crippen LogP contribution >= 0.6 is 0 Å². The highest BCUT2D eigenvalue weighted by Crippen LogP contribution is 2.22. The van der Waals surface area contributed by atoms with Gasteiger partial charge >= 0.3 is 0 Å². The average molecular weight is 223 g/mol. The lowest BCUT2D eigenvalue weighted by Crippen LogP contribution is -1.99. The molecule has 0 unspecified atom stereocenters. The number of hydrogen-bond donors (Lipinski definition) is 2. The lowest BCUT2D eigenvalue weighted by molar-refractivity contribution is 0.411. The van der Waals surface area contributed by atoms with E-state index >= 15 is 0 Å². The molecule has 2 aromatic carbocycles. The molecule has 4 nitrogen and oxygen atoms in total. The average Bonchev–Trinajstić information content (AvgIpc) is 2.26. The molecular weight excluding hydrogens is 214 g/mol. The van der Waals surface area contributed by atoms with Gasteiger partial charge < -0.3 is 0 Å². The number of nitrogens with one attached hydrogen (secondary N) is 1. The highest BCUT2D eigenvalue weighted by atomic mass is 32.2.